The third kappa shape index (κ3) is 13.8. The third-order valence-corrected chi connectivity index (χ3v) is 16.7. The molecular formula is C46H56CaN4O2Si2+2. The van der Waals surface area contributed by atoms with Crippen LogP contribution >= 0.6 is 0 Å². The van der Waals surface area contributed by atoms with Gasteiger partial charge in [-0.25, -0.2) is 0 Å². The van der Waals surface area contributed by atoms with Gasteiger partial charge < -0.3 is 19.4 Å². The van der Waals surface area contributed by atoms with E-state index in [1.54, 1.807) is 0 Å². The van der Waals surface area contributed by atoms with Crippen molar-refractivity contribution in [2.75, 3.05) is 26.4 Å². The number of hydrogen-bond acceptors (Lipinski definition) is 2. The van der Waals surface area contributed by atoms with Gasteiger partial charge in [-0.2, -0.15) is 0 Å². The topological polar surface area (TPSA) is 74.9 Å². The molecule has 4 aromatic carbocycles. The molecule has 0 saturated carbocycles. The van der Waals surface area contributed by atoms with E-state index in [9.17, 15) is 0 Å². The number of pyridine rings is 2. The van der Waals surface area contributed by atoms with Gasteiger partial charge in [0.05, 0.1) is 0 Å². The fourth-order valence-corrected chi connectivity index (χ4v) is 12.2. The molecule has 2 fully saturated rings. The fourth-order valence-electron chi connectivity index (χ4n) is 6.41. The molecule has 55 heavy (non-hydrogen) atoms. The standard InChI is InChI=1S/2C19H19N2Si.2C4H8O.Ca/c2*1-16-10-9-15-19(20-16)21-22(2,17-11-5-3-6-12-17)18-13-7-4-8-14-18;2*1-2-4-5-3-1;/h2*3-15H,1-2H3;2*1-4H2;/q2*-1;;;+2/p+2. The summed E-state index contributed by atoms with van der Waals surface area (Å²) < 4.78 is 9.89. The molecule has 4 heterocycles. The molecular weight excluding hydrogens is 737 g/mol. The first-order valence-corrected chi connectivity index (χ1v) is 24.1. The Morgan fingerprint density at radius 2 is 0.673 bits per heavy atom. The predicted molar refractivity (Wildman–Crippen MR) is 235 cm³/mol. The van der Waals surface area contributed by atoms with Crippen LogP contribution in [0.3, 0.4) is 0 Å². The first kappa shape index (κ1) is 44.1. The number of H-pyrrole nitrogens is 2. The van der Waals surface area contributed by atoms with E-state index in [0.717, 1.165) is 49.5 Å². The van der Waals surface area contributed by atoms with Crippen LogP contribution in [0.2, 0.25) is 13.1 Å². The Hall–Kier alpha value is -3.61. The third-order valence-electron chi connectivity index (χ3n) is 9.54. The van der Waals surface area contributed by atoms with E-state index < -0.39 is 16.5 Å². The zero-order valence-electron chi connectivity index (χ0n) is 33.1. The quantitative estimate of drug-likeness (QED) is 0.149. The molecule has 0 amide bonds. The van der Waals surface area contributed by atoms with E-state index in [1.165, 1.54) is 46.4 Å². The van der Waals surface area contributed by atoms with Crippen LogP contribution in [0.1, 0.15) is 37.1 Å². The second-order valence-corrected chi connectivity index (χ2v) is 21.0. The molecule has 0 atom stereocenters. The van der Waals surface area contributed by atoms with Gasteiger partial charge in [0, 0.05) is 37.8 Å². The van der Waals surface area contributed by atoms with E-state index >= 15 is 0 Å². The summed E-state index contributed by atoms with van der Waals surface area (Å²) in [7, 11) is -4.34. The summed E-state index contributed by atoms with van der Waals surface area (Å²) in [5, 5.41) is 5.26. The predicted octanol–water partition coefficient (Wildman–Crippen LogP) is 7.62. The van der Waals surface area contributed by atoms with Gasteiger partial charge in [-0.1, -0.05) is 133 Å². The second-order valence-electron chi connectivity index (χ2n) is 13.9. The van der Waals surface area contributed by atoms with Crippen molar-refractivity contribution in [2.45, 2.75) is 52.6 Å². The SMILES string of the molecule is C1CCOC1.C1CCOC1.Cc1cccc([N-][Si](C)(c2ccccc2)c2ccccc2)[nH+]1.Cc1cccc([N-][Si](C)(c2ccccc2)c2ccccc2)[nH+]1.[Ca+2]. The van der Waals surface area contributed by atoms with Crippen molar-refractivity contribution in [2.24, 2.45) is 0 Å². The van der Waals surface area contributed by atoms with Gasteiger partial charge in [-0.15, -0.1) is 0 Å². The maximum absolute atomic E-state index is 5.18. The molecule has 0 radical (unpaired) electrons. The zero-order valence-corrected chi connectivity index (χ0v) is 37.3. The minimum Gasteiger partial charge on any atom is -0.381 e. The number of aryl methyl sites for hydroxylation is 2. The Kier molecular flexibility index (Phi) is 18.8. The van der Waals surface area contributed by atoms with Gasteiger partial charge in [0.25, 0.3) is 0 Å². The van der Waals surface area contributed by atoms with E-state index in [0.29, 0.717) is 0 Å². The van der Waals surface area contributed by atoms with E-state index in [4.69, 9.17) is 19.4 Å². The Labute approximate surface area is 361 Å². The van der Waals surface area contributed by atoms with E-state index in [1.807, 2.05) is 12.1 Å². The summed E-state index contributed by atoms with van der Waals surface area (Å²) >= 11 is 0. The summed E-state index contributed by atoms with van der Waals surface area (Å²) in [6.45, 7) is 12.7. The van der Waals surface area contributed by atoms with Gasteiger partial charge in [0.2, 0.25) is 16.5 Å². The smallest absolute Gasteiger partial charge is 0.381 e. The zero-order chi connectivity index (χ0) is 37.9. The van der Waals surface area contributed by atoms with Gasteiger partial charge in [-0.3, -0.25) is 9.96 Å². The maximum Gasteiger partial charge on any atom is 2.00 e. The molecule has 2 N–H and O–H groups in total. The Balaban J connectivity index is 0.000000192. The van der Waals surface area contributed by atoms with Crippen LogP contribution in [-0.4, -0.2) is 80.6 Å². The molecule has 6 aromatic rings. The van der Waals surface area contributed by atoms with Crippen LogP contribution in [-0.2, 0) is 9.47 Å². The molecule has 0 spiro atoms. The average molecular weight is 793 g/mol. The molecule has 9 heteroatoms. The Morgan fingerprint density at radius 1 is 0.400 bits per heavy atom. The number of nitrogens with one attached hydrogen (secondary N) is 2. The minimum atomic E-state index is -2.17. The van der Waals surface area contributed by atoms with E-state index in [2.05, 4.69) is 183 Å². The van der Waals surface area contributed by atoms with Crippen LogP contribution in [0.4, 0.5) is 11.6 Å². The monoisotopic (exact) mass is 792 g/mol. The fraction of sp³-hybridized carbons (Fsp3) is 0.261. The van der Waals surface area contributed by atoms with Crippen molar-refractivity contribution >= 4 is 86.6 Å². The van der Waals surface area contributed by atoms with Crippen LogP contribution in [0.25, 0.3) is 9.96 Å². The van der Waals surface area contributed by atoms with Crippen molar-refractivity contribution < 1.29 is 19.4 Å². The van der Waals surface area contributed by atoms with Crippen molar-refractivity contribution in [3.05, 3.63) is 179 Å². The summed E-state index contributed by atoms with van der Waals surface area (Å²) in [6, 6.07) is 54.9. The van der Waals surface area contributed by atoms with Crippen LogP contribution < -0.4 is 30.7 Å². The summed E-state index contributed by atoms with van der Waals surface area (Å²) in [5.41, 5.74) is 2.25. The molecule has 0 unspecified atom stereocenters. The van der Waals surface area contributed by atoms with Crippen LogP contribution in [0.5, 0.6) is 0 Å². The number of aromatic amines is 2. The van der Waals surface area contributed by atoms with Crippen molar-refractivity contribution in [3.63, 3.8) is 0 Å². The Morgan fingerprint density at radius 3 is 0.891 bits per heavy atom. The van der Waals surface area contributed by atoms with Crippen molar-refractivity contribution in [1.82, 2.24) is 0 Å². The van der Waals surface area contributed by atoms with Crippen molar-refractivity contribution in [3.8, 4) is 0 Å². The normalized spacial score (nSPS) is 13.3. The molecule has 0 aliphatic carbocycles. The van der Waals surface area contributed by atoms with Crippen LogP contribution in [0.15, 0.2) is 158 Å². The summed E-state index contributed by atoms with van der Waals surface area (Å²) in [5.74, 6) is 1.89. The molecule has 280 valence electrons. The second kappa shape index (κ2) is 23.5. The number of ether oxygens (including phenoxy) is 2. The first-order chi connectivity index (χ1) is 26.4. The van der Waals surface area contributed by atoms with Gasteiger partial charge in [0.15, 0.2) is 0 Å². The molecule has 8 rings (SSSR count). The van der Waals surface area contributed by atoms with Gasteiger partial charge in [0.1, 0.15) is 11.6 Å². The molecule has 2 aromatic heterocycles. The van der Waals surface area contributed by atoms with Gasteiger partial charge in [-0.05, 0) is 97.6 Å². The molecule has 2 aliphatic rings. The van der Waals surface area contributed by atoms with Crippen LogP contribution in [0, 0.1) is 13.8 Å². The summed E-state index contributed by atoms with van der Waals surface area (Å²) in [4.78, 5) is 17.1. The number of aromatic nitrogens is 2. The number of hydrogen-bond donors (Lipinski definition) is 0. The summed E-state index contributed by atoms with van der Waals surface area (Å²) in [6.07, 6.45) is 5.11. The Bertz CT molecular complexity index is 1700. The largest absolute Gasteiger partial charge is 2.00 e. The number of benzene rings is 4. The molecule has 2 saturated heterocycles. The molecule has 0 bridgehead atoms. The molecule has 2 aliphatic heterocycles. The average Bonchev–Trinajstić information content (AvgIpc) is 4.01. The van der Waals surface area contributed by atoms with E-state index in [-0.39, 0.29) is 37.7 Å². The minimum absolute atomic E-state index is 0. The first-order valence-electron chi connectivity index (χ1n) is 19.2. The molecule has 6 nitrogen and oxygen atoms in total. The number of nitrogens with zero attached hydrogens (tertiary/aromatic N) is 2. The van der Waals surface area contributed by atoms with Crippen molar-refractivity contribution in [1.29, 1.82) is 0 Å². The number of rotatable bonds is 8. The van der Waals surface area contributed by atoms with Gasteiger partial charge >= 0.3 is 37.7 Å². The maximum atomic E-state index is 5.18.